The number of unbranched alkanes of at least 4 members (excludes halogenated alkanes) is 1. The molecule has 0 bridgehead atoms. The molecule has 94 valence electrons. The highest BCUT2D eigenvalue weighted by Crippen LogP contribution is 2.15. The molecule has 3 heteroatoms. The molecule has 0 aliphatic carbocycles. The number of rotatable bonds is 7. The summed E-state index contributed by atoms with van der Waals surface area (Å²) in [5, 5.41) is 0. The van der Waals surface area contributed by atoms with Crippen molar-refractivity contribution in [3.05, 3.63) is 29.8 Å². The van der Waals surface area contributed by atoms with Crippen molar-refractivity contribution in [2.75, 3.05) is 18.0 Å². The maximum Gasteiger partial charge on any atom is 0.0727 e. The highest BCUT2D eigenvalue weighted by atomic mass is 32.1. The van der Waals surface area contributed by atoms with Gasteiger partial charge in [-0.15, -0.1) is 0 Å². The molecule has 1 aromatic rings. The number of nitrogens with two attached hydrogens (primary N) is 1. The lowest BCUT2D eigenvalue weighted by molar-refractivity contribution is 0.714. The number of anilines is 1. The van der Waals surface area contributed by atoms with Crippen molar-refractivity contribution < 1.29 is 0 Å². The molecule has 0 aromatic heterocycles. The van der Waals surface area contributed by atoms with Gasteiger partial charge in [0.25, 0.3) is 0 Å². The normalized spacial score (nSPS) is 10.2. The molecule has 17 heavy (non-hydrogen) atoms. The second kappa shape index (κ2) is 7.28. The third kappa shape index (κ3) is 5.18. The highest BCUT2D eigenvalue weighted by molar-refractivity contribution is 7.80. The molecule has 0 radical (unpaired) electrons. The molecule has 0 fully saturated rings. The molecule has 0 heterocycles. The predicted molar refractivity (Wildman–Crippen MR) is 79.7 cm³/mol. The van der Waals surface area contributed by atoms with Crippen LogP contribution >= 0.6 is 12.2 Å². The Balaban J connectivity index is 2.43. The van der Waals surface area contributed by atoms with Gasteiger partial charge in [0, 0.05) is 18.8 Å². The topological polar surface area (TPSA) is 29.3 Å². The van der Waals surface area contributed by atoms with Gasteiger partial charge in [0.2, 0.25) is 0 Å². The van der Waals surface area contributed by atoms with Crippen molar-refractivity contribution in [1.29, 1.82) is 0 Å². The molecule has 1 aromatic carbocycles. The SMILES string of the molecule is CCN(CCCCC(N)=S)c1ccc(C)cc1. The standard InChI is InChI=1S/C14H22N2S/c1-3-16(11-5-4-6-14(15)17)13-9-7-12(2)8-10-13/h7-10H,3-6,11H2,1-2H3,(H2,15,17). The summed E-state index contributed by atoms with van der Waals surface area (Å²) in [6, 6.07) is 8.69. The van der Waals surface area contributed by atoms with Crippen LogP contribution in [0.5, 0.6) is 0 Å². The zero-order valence-electron chi connectivity index (χ0n) is 10.8. The monoisotopic (exact) mass is 250 g/mol. The molecular formula is C14H22N2S. The molecule has 0 amide bonds. The molecular weight excluding hydrogens is 228 g/mol. The van der Waals surface area contributed by atoms with Crippen molar-refractivity contribution in [1.82, 2.24) is 0 Å². The lowest BCUT2D eigenvalue weighted by Gasteiger charge is -2.23. The van der Waals surface area contributed by atoms with Crippen molar-refractivity contribution >= 4 is 22.9 Å². The van der Waals surface area contributed by atoms with Gasteiger partial charge in [-0.25, -0.2) is 0 Å². The van der Waals surface area contributed by atoms with Crippen LogP contribution in [0.25, 0.3) is 0 Å². The number of hydrogen-bond acceptors (Lipinski definition) is 2. The van der Waals surface area contributed by atoms with Crippen LogP contribution in [0.15, 0.2) is 24.3 Å². The summed E-state index contributed by atoms with van der Waals surface area (Å²) in [4.78, 5) is 3.02. The minimum atomic E-state index is 0.628. The van der Waals surface area contributed by atoms with Crippen LogP contribution in [0.1, 0.15) is 31.7 Å². The van der Waals surface area contributed by atoms with Gasteiger partial charge in [-0.2, -0.15) is 0 Å². The molecule has 0 spiro atoms. The zero-order valence-corrected chi connectivity index (χ0v) is 11.6. The Morgan fingerprint density at radius 3 is 2.41 bits per heavy atom. The van der Waals surface area contributed by atoms with Crippen LogP contribution in [0.4, 0.5) is 5.69 Å². The first-order valence-corrected chi connectivity index (χ1v) is 6.64. The summed E-state index contributed by atoms with van der Waals surface area (Å²) in [6.07, 6.45) is 3.08. The van der Waals surface area contributed by atoms with Gasteiger partial charge >= 0.3 is 0 Å². The Kier molecular flexibility index (Phi) is 5.98. The first-order valence-electron chi connectivity index (χ1n) is 6.23. The number of thiocarbonyl (C=S) groups is 1. The van der Waals surface area contributed by atoms with Gasteiger partial charge in [0.15, 0.2) is 0 Å². The molecule has 2 nitrogen and oxygen atoms in total. The van der Waals surface area contributed by atoms with Crippen molar-refractivity contribution in [3.63, 3.8) is 0 Å². The van der Waals surface area contributed by atoms with Crippen molar-refractivity contribution in [2.45, 2.75) is 33.1 Å². The van der Waals surface area contributed by atoms with Crippen LogP contribution < -0.4 is 10.6 Å². The van der Waals surface area contributed by atoms with E-state index in [1.807, 2.05) is 0 Å². The van der Waals surface area contributed by atoms with E-state index in [1.165, 1.54) is 11.3 Å². The van der Waals surface area contributed by atoms with Crippen LogP contribution in [-0.4, -0.2) is 18.1 Å². The van der Waals surface area contributed by atoms with Gasteiger partial charge in [-0.3, -0.25) is 0 Å². The van der Waals surface area contributed by atoms with E-state index in [0.717, 1.165) is 32.4 Å². The fraction of sp³-hybridized carbons (Fsp3) is 0.500. The first kappa shape index (κ1) is 14.0. The summed E-state index contributed by atoms with van der Waals surface area (Å²) in [5.74, 6) is 0. The molecule has 1 rings (SSSR count). The molecule has 0 aliphatic rings. The van der Waals surface area contributed by atoms with Crippen molar-refractivity contribution in [3.8, 4) is 0 Å². The van der Waals surface area contributed by atoms with E-state index < -0.39 is 0 Å². The van der Waals surface area contributed by atoms with E-state index in [2.05, 4.69) is 43.0 Å². The Morgan fingerprint density at radius 2 is 1.88 bits per heavy atom. The maximum absolute atomic E-state index is 5.49. The van der Waals surface area contributed by atoms with Crippen LogP contribution in [0.3, 0.4) is 0 Å². The molecule has 0 unspecified atom stereocenters. The predicted octanol–water partition coefficient (Wildman–Crippen LogP) is 3.28. The van der Waals surface area contributed by atoms with E-state index in [4.69, 9.17) is 18.0 Å². The summed E-state index contributed by atoms with van der Waals surface area (Å²) >= 11 is 4.87. The lowest BCUT2D eigenvalue weighted by atomic mass is 10.2. The Morgan fingerprint density at radius 1 is 1.24 bits per heavy atom. The summed E-state index contributed by atoms with van der Waals surface area (Å²) in [7, 11) is 0. The molecule has 0 saturated carbocycles. The van der Waals surface area contributed by atoms with Gasteiger partial charge in [-0.05, 0) is 45.2 Å². The van der Waals surface area contributed by atoms with E-state index in [0.29, 0.717) is 4.99 Å². The largest absolute Gasteiger partial charge is 0.393 e. The summed E-state index contributed by atoms with van der Waals surface area (Å²) < 4.78 is 0. The van der Waals surface area contributed by atoms with E-state index >= 15 is 0 Å². The zero-order chi connectivity index (χ0) is 12.7. The number of aryl methyl sites for hydroxylation is 1. The van der Waals surface area contributed by atoms with Crippen LogP contribution in [-0.2, 0) is 0 Å². The highest BCUT2D eigenvalue weighted by Gasteiger charge is 2.03. The second-order valence-electron chi connectivity index (χ2n) is 4.34. The Hall–Kier alpha value is -1.09. The van der Waals surface area contributed by atoms with Gasteiger partial charge in [0.1, 0.15) is 0 Å². The minimum absolute atomic E-state index is 0.628. The smallest absolute Gasteiger partial charge is 0.0727 e. The van der Waals surface area contributed by atoms with Gasteiger partial charge < -0.3 is 10.6 Å². The first-order chi connectivity index (χ1) is 8.13. The molecule has 0 atom stereocenters. The quantitative estimate of drug-likeness (QED) is 0.595. The average Bonchev–Trinajstić information content (AvgIpc) is 2.30. The summed E-state index contributed by atoms with van der Waals surface area (Å²) in [5.41, 5.74) is 8.09. The Bertz CT molecular complexity index is 346. The number of nitrogens with zero attached hydrogens (tertiary/aromatic N) is 1. The van der Waals surface area contributed by atoms with E-state index in [9.17, 15) is 0 Å². The number of hydrogen-bond donors (Lipinski definition) is 1. The van der Waals surface area contributed by atoms with Gasteiger partial charge in [0.05, 0.1) is 4.99 Å². The fourth-order valence-corrected chi connectivity index (χ4v) is 1.97. The number of benzene rings is 1. The van der Waals surface area contributed by atoms with E-state index in [1.54, 1.807) is 0 Å². The maximum atomic E-state index is 5.49. The molecule has 0 saturated heterocycles. The molecule has 2 N–H and O–H groups in total. The minimum Gasteiger partial charge on any atom is -0.393 e. The van der Waals surface area contributed by atoms with Crippen molar-refractivity contribution in [2.24, 2.45) is 5.73 Å². The lowest BCUT2D eigenvalue weighted by Crippen LogP contribution is -2.24. The third-order valence-electron chi connectivity index (χ3n) is 2.88. The summed E-state index contributed by atoms with van der Waals surface area (Å²) in [6.45, 7) is 6.41. The van der Waals surface area contributed by atoms with Crippen LogP contribution in [0, 0.1) is 6.92 Å². The van der Waals surface area contributed by atoms with Gasteiger partial charge in [-0.1, -0.05) is 29.9 Å². The fourth-order valence-electron chi connectivity index (χ4n) is 1.83. The third-order valence-corrected chi connectivity index (χ3v) is 3.09. The Labute approximate surface area is 110 Å². The van der Waals surface area contributed by atoms with Crippen LogP contribution in [0.2, 0.25) is 0 Å². The average molecular weight is 250 g/mol. The molecule has 0 aliphatic heterocycles. The second-order valence-corrected chi connectivity index (χ2v) is 4.86. The van der Waals surface area contributed by atoms with E-state index in [-0.39, 0.29) is 0 Å².